The maximum Gasteiger partial charge on any atom is 0.202 e. The quantitative estimate of drug-likeness (QED) is 0.690. The predicted octanol–water partition coefficient (Wildman–Crippen LogP) is 4.44. The van der Waals surface area contributed by atoms with Gasteiger partial charge in [-0.2, -0.15) is 4.37 Å². The summed E-state index contributed by atoms with van der Waals surface area (Å²) in [5.41, 5.74) is 6.07. The zero-order valence-electron chi connectivity index (χ0n) is 15.4. The third-order valence-electron chi connectivity index (χ3n) is 5.94. The molecule has 0 radical (unpaired) electrons. The fourth-order valence-electron chi connectivity index (χ4n) is 4.80. The number of methoxy groups -OCH3 is 1. The fourth-order valence-corrected chi connectivity index (χ4v) is 5.42. The third kappa shape index (κ3) is 2.95. The highest BCUT2D eigenvalue weighted by Crippen LogP contribution is 2.55. The molecule has 0 saturated heterocycles. The fraction of sp³-hybridized carbons (Fsp3) is 0.364. The lowest BCUT2D eigenvalue weighted by Gasteiger charge is -2.45. The van der Waals surface area contributed by atoms with Crippen LogP contribution in [0.1, 0.15) is 46.3 Å². The first-order chi connectivity index (χ1) is 13.3. The van der Waals surface area contributed by atoms with Crippen molar-refractivity contribution in [2.75, 3.05) is 25.6 Å². The van der Waals surface area contributed by atoms with E-state index in [1.165, 1.54) is 40.2 Å². The van der Waals surface area contributed by atoms with E-state index in [9.17, 15) is 0 Å². The first-order valence-electron chi connectivity index (χ1n) is 9.58. The van der Waals surface area contributed by atoms with Crippen LogP contribution in [0, 0.1) is 5.92 Å². The van der Waals surface area contributed by atoms with E-state index < -0.39 is 0 Å². The number of anilines is 1. The van der Waals surface area contributed by atoms with Gasteiger partial charge in [0.15, 0.2) is 0 Å². The molecule has 1 aromatic heterocycles. The summed E-state index contributed by atoms with van der Waals surface area (Å²) in [5, 5.41) is 4.48. The second-order valence-corrected chi connectivity index (χ2v) is 8.18. The number of ether oxygens (including phenoxy) is 1. The number of hydrogen-bond acceptors (Lipinski definition) is 5. The number of nitrogens with one attached hydrogen (secondary N) is 1. The Hall–Kier alpha value is -2.24. The van der Waals surface area contributed by atoms with Crippen LogP contribution >= 0.6 is 11.5 Å². The standard InChI is InChI=1S/C22H23N3OS/c1-26-11-10-20-24-22(27-25-20)23-13-14-12-19-15-6-2-4-8-17(15)21(14)18-9-5-3-7-16(18)19/h2-9,14,19,21H,10-13H2,1H3,(H,23,24,25). The zero-order chi connectivity index (χ0) is 18.2. The van der Waals surface area contributed by atoms with E-state index in [1.54, 1.807) is 7.11 Å². The summed E-state index contributed by atoms with van der Waals surface area (Å²) in [4.78, 5) is 4.60. The Morgan fingerprint density at radius 3 is 2.37 bits per heavy atom. The summed E-state index contributed by atoms with van der Waals surface area (Å²) in [7, 11) is 1.71. The molecule has 1 N–H and O–H groups in total. The molecule has 0 amide bonds. The van der Waals surface area contributed by atoms with E-state index >= 15 is 0 Å². The molecular formula is C22H23N3OS. The normalized spacial score (nSPS) is 22.3. The van der Waals surface area contributed by atoms with Crippen LogP contribution in [0.5, 0.6) is 0 Å². The lowest BCUT2D eigenvalue weighted by atomic mass is 9.59. The van der Waals surface area contributed by atoms with Gasteiger partial charge in [0, 0.05) is 43.4 Å². The number of nitrogens with zero attached hydrogens (tertiary/aromatic N) is 2. The van der Waals surface area contributed by atoms with Gasteiger partial charge < -0.3 is 10.1 Å². The summed E-state index contributed by atoms with van der Waals surface area (Å²) >= 11 is 1.45. The number of rotatable bonds is 6. The number of aromatic nitrogens is 2. The van der Waals surface area contributed by atoms with Crippen molar-refractivity contribution in [3.63, 3.8) is 0 Å². The van der Waals surface area contributed by atoms with Gasteiger partial charge in [0.25, 0.3) is 0 Å². The van der Waals surface area contributed by atoms with Crippen LogP contribution in [0.4, 0.5) is 5.13 Å². The topological polar surface area (TPSA) is 47.0 Å². The lowest BCUT2D eigenvalue weighted by Crippen LogP contribution is -2.35. The van der Waals surface area contributed by atoms with Crippen LogP contribution in [-0.4, -0.2) is 29.6 Å². The van der Waals surface area contributed by atoms with Gasteiger partial charge in [-0.05, 0) is 34.6 Å². The molecule has 3 aliphatic rings. The molecule has 6 rings (SSSR count). The van der Waals surface area contributed by atoms with Crippen molar-refractivity contribution in [2.45, 2.75) is 24.7 Å². The Morgan fingerprint density at radius 2 is 1.70 bits per heavy atom. The van der Waals surface area contributed by atoms with Crippen molar-refractivity contribution in [1.29, 1.82) is 0 Å². The monoisotopic (exact) mass is 377 g/mol. The molecule has 27 heavy (non-hydrogen) atoms. The van der Waals surface area contributed by atoms with Crippen LogP contribution in [0.2, 0.25) is 0 Å². The molecule has 4 nitrogen and oxygen atoms in total. The smallest absolute Gasteiger partial charge is 0.202 e. The molecule has 0 saturated carbocycles. The molecule has 3 aliphatic carbocycles. The highest BCUT2D eigenvalue weighted by Gasteiger charge is 2.42. The van der Waals surface area contributed by atoms with Gasteiger partial charge in [-0.1, -0.05) is 48.5 Å². The SMILES string of the molecule is COCCc1nsc(NCC2CC3c4ccccc4C2c2ccccc23)n1. The minimum atomic E-state index is 0.468. The van der Waals surface area contributed by atoms with E-state index in [0.29, 0.717) is 24.4 Å². The zero-order valence-corrected chi connectivity index (χ0v) is 16.2. The van der Waals surface area contributed by atoms with Crippen LogP contribution in [0.3, 0.4) is 0 Å². The molecule has 2 bridgehead atoms. The molecular weight excluding hydrogens is 354 g/mol. The Labute approximate surface area is 163 Å². The van der Waals surface area contributed by atoms with Crippen LogP contribution < -0.4 is 5.32 Å². The highest BCUT2D eigenvalue weighted by molar-refractivity contribution is 7.09. The van der Waals surface area contributed by atoms with E-state index in [2.05, 4.69) is 63.2 Å². The van der Waals surface area contributed by atoms with Gasteiger partial charge in [0.05, 0.1) is 6.61 Å². The summed E-state index contributed by atoms with van der Waals surface area (Å²) < 4.78 is 9.54. The Balaban J connectivity index is 1.38. The molecule has 2 aromatic carbocycles. The summed E-state index contributed by atoms with van der Waals surface area (Å²) in [6, 6.07) is 18.0. The minimum Gasteiger partial charge on any atom is -0.384 e. The van der Waals surface area contributed by atoms with Gasteiger partial charge >= 0.3 is 0 Å². The Bertz CT molecular complexity index is 906. The molecule has 0 aliphatic heterocycles. The maximum absolute atomic E-state index is 5.11. The third-order valence-corrected chi connectivity index (χ3v) is 6.65. The molecule has 5 heteroatoms. The van der Waals surface area contributed by atoms with Crippen LogP contribution in [-0.2, 0) is 11.2 Å². The first-order valence-corrected chi connectivity index (χ1v) is 10.4. The van der Waals surface area contributed by atoms with Gasteiger partial charge in [-0.3, -0.25) is 0 Å². The van der Waals surface area contributed by atoms with Crippen LogP contribution in [0.15, 0.2) is 48.5 Å². The van der Waals surface area contributed by atoms with Crippen molar-refractivity contribution in [1.82, 2.24) is 9.36 Å². The summed E-state index contributed by atoms with van der Waals surface area (Å²) in [6.45, 7) is 1.60. The molecule has 1 heterocycles. The van der Waals surface area contributed by atoms with E-state index in [1.807, 2.05) is 0 Å². The van der Waals surface area contributed by atoms with E-state index in [-0.39, 0.29) is 0 Å². The number of hydrogen-bond donors (Lipinski definition) is 1. The van der Waals surface area contributed by atoms with Crippen LogP contribution in [0.25, 0.3) is 0 Å². The van der Waals surface area contributed by atoms with Crippen molar-refractivity contribution < 1.29 is 4.74 Å². The van der Waals surface area contributed by atoms with Crippen molar-refractivity contribution >= 4 is 16.7 Å². The Morgan fingerprint density at radius 1 is 1.04 bits per heavy atom. The molecule has 0 fully saturated rings. The highest BCUT2D eigenvalue weighted by atomic mass is 32.1. The second-order valence-electron chi connectivity index (χ2n) is 7.42. The van der Waals surface area contributed by atoms with Gasteiger partial charge in [-0.25, -0.2) is 4.98 Å². The average Bonchev–Trinajstić information content (AvgIpc) is 3.19. The molecule has 138 valence electrons. The first kappa shape index (κ1) is 16.9. The minimum absolute atomic E-state index is 0.468. The summed E-state index contributed by atoms with van der Waals surface area (Å²) in [6.07, 6.45) is 1.96. The van der Waals surface area contributed by atoms with Gasteiger partial charge in [0.2, 0.25) is 5.13 Å². The second kappa shape index (κ2) is 7.06. The molecule has 0 spiro atoms. The van der Waals surface area contributed by atoms with Crippen molar-refractivity contribution in [2.24, 2.45) is 5.92 Å². The maximum atomic E-state index is 5.11. The molecule has 3 aromatic rings. The molecule has 1 unspecified atom stereocenters. The Kier molecular flexibility index (Phi) is 4.42. The van der Waals surface area contributed by atoms with Gasteiger partial charge in [0.1, 0.15) is 5.82 Å². The lowest BCUT2D eigenvalue weighted by molar-refractivity contribution is 0.201. The van der Waals surface area contributed by atoms with Crippen molar-refractivity contribution in [3.8, 4) is 0 Å². The van der Waals surface area contributed by atoms with E-state index in [4.69, 9.17) is 4.74 Å². The molecule has 1 atom stereocenters. The van der Waals surface area contributed by atoms with Crippen molar-refractivity contribution in [3.05, 3.63) is 76.6 Å². The van der Waals surface area contributed by atoms with E-state index in [0.717, 1.165) is 23.9 Å². The predicted molar refractivity (Wildman–Crippen MR) is 109 cm³/mol. The number of benzene rings is 2. The number of fused-ring (bicyclic) bond motifs is 1. The summed E-state index contributed by atoms with van der Waals surface area (Å²) in [5.74, 6) is 2.42. The largest absolute Gasteiger partial charge is 0.384 e. The van der Waals surface area contributed by atoms with Gasteiger partial charge in [-0.15, -0.1) is 0 Å². The average molecular weight is 378 g/mol.